The molecule has 3 aromatic carbocycles. The Morgan fingerprint density at radius 1 is 0.969 bits per heavy atom. The van der Waals surface area contributed by atoms with Crippen LogP contribution in [0.2, 0.25) is 0 Å². The Labute approximate surface area is 184 Å². The molecule has 0 unspecified atom stereocenters. The van der Waals surface area contributed by atoms with E-state index in [0.717, 1.165) is 16.7 Å². The third kappa shape index (κ3) is 4.08. The van der Waals surface area contributed by atoms with Gasteiger partial charge in [-0.05, 0) is 55.3 Å². The van der Waals surface area contributed by atoms with Gasteiger partial charge in [-0.3, -0.25) is 9.54 Å². The van der Waals surface area contributed by atoms with Crippen molar-refractivity contribution in [2.75, 3.05) is 5.73 Å². The zero-order chi connectivity index (χ0) is 23.0. The largest absolute Gasteiger partial charge is 0.396 e. The number of benzene rings is 3. The first kappa shape index (κ1) is 21.5. The van der Waals surface area contributed by atoms with Gasteiger partial charge in [0, 0.05) is 16.3 Å². The van der Waals surface area contributed by atoms with Crippen molar-refractivity contribution in [3.05, 3.63) is 77.7 Å². The van der Waals surface area contributed by atoms with Crippen LogP contribution in [0, 0.1) is 19.7 Å². The fourth-order valence-corrected chi connectivity index (χ4v) is 4.26. The maximum Gasteiger partial charge on any atom is 0.295 e. The van der Waals surface area contributed by atoms with Gasteiger partial charge < -0.3 is 5.73 Å². The second-order valence-electron chi connectivity index (χ2n) is 7.35. The Morgan fingerprint density at radius 3 is 2.34 bits per heavy atom. The maximum absolute atomic E-state index is 13.4. The Balaban J connectivity index is 1.75. The first-order valence-electron chi connectivity index (χ1n) is 9.59. The van der Waals surface area contributed by atoms with E-state index >= 15 is 0 Å². The number of nitrogens with two attached hydrogens (primary N) is 1. The number of pyridine rings is 1. The summed E-state index contributed by atoms with van der Waals surface area (Å²) in [6.45, 7) is 3.66. The molecule has 0 bridgehead atoms. The molecule has 0 saturated heterocycles. The molecule has 1 aromatic heterocycles. The van der Waals surface area contributed by atoms with E-state index in [0.29, 0.717) is 22.2 Å². The molecule has 0 aliphatic carbocycles. The SMILES string of the molecule is Cc1cc(F)ccc1-c1ncc(N=Nc2cc(S(=O)(=O)O)c3ccccc3c2N)cc1C. The summed E-state index contributed by atoms with van der Waals surface area (Å²) in [4.78, 5) is 4.14. The van der Waals surface area contributed by atoms with E-state index in [-0.39, 0.29) is 22.1 Å². The predicted octanol–water partition coefficient (Wildman–Crippen LogP) is 5.90. The van der Waals surface area contributed by atoms with E-state index in [1.807, 2.05) is 13.8 Å². The van der Waals surface area contributed by atoms with E-state index < -0.39 is 10.1 Å². The number of halogens is 1. The molecular weight excluding hydrogens is 431 g/mol. The van der Waals surface area contributed by atoms with Crippen LogP contribution in [0.4, 0.5) is 21.5 Å². The van der Waals surface area contributed by atoms with Crippen LogP contribution >= 0.6 is 0 Å². The van der Waals surface area contributed by atoms with Gasteiger partial charge in [0.2, 0.25) is 0 Å². The molecule has 3 N–H and O–H groups in total. The Kier molecular flexibility index (Phi) is 5.45. The highest BCUT2D eigenvalue weighted by atomic mass is 32.2. The van der Waals surface area contributed by atoms with E-state index in [2.05, 4.69) is 15.2 Å². The van der Waals surface area contributed by atoms with Crippen LogP contribution in [-0.2, 0) is 10.1 Å². The van der Waals surface area contributed by atoms with Gasteiger partial charge in [-0.15, -0.1) is 10.2 Å². The fraction of sp³-hybridized carbons (Fsp3) is 0.0870. The summed E-state index contributed by atoms with van der Waals surface area (Å²) in [7, 11) is -4.50. The van der Waals surface area contributed by atoms with Crippen molar-refractivity contribution < 1.29 is 17.4 Å². The number of anilines is 1. The second-order valence-corrected chi connectivity index (χ2v) is 8.74. The molecule has 32 heavy (non-hydrogen) atoms. The molecule has 0 amide bonds. The van der Waals surface area contributed by atoms with Crippen molar-refractivity contribution in [2.24, 2.45) is 10.2 Å². The van der Waals surface area contributed by atoms with Crippen LogP contribution in [0.1, 0.15) is 11.1 Å². The molecule has 9 heteroatoms. The van der Waals surface area contributed by atoms with E-state index in [1.54, 1.807) is 36.4 Å². The van der Waals surface area contributed by atoms with Crippen LogP contribution in [-0.4, -0.2) is 18.0 Å². The summed E-state index contributed by atoms with van der Waals surface area (Å²) in [6.07, 6.45) is 1.51. The third-order valence-corrected chi connectivity index (χ3v) is 5.98. The molecule has 0 aliphatic rings. The molecule has 0 fully saturated rings. The number of hydrogen-bond acceptors (Lipinski definition) is 6. The van der Waals surface area contributed by atoms with Gasteiger partial charge in [0.05, 0.1) is 17.6 Å². The van der Waals surface area contributed by atoms with Gasteiger partial charge in [0.25, 0.3) is 10.1 Å². The average Bonchev–Trinajstić information content (AvgIpc) is 2.73. The molecular formula is C23H19FN4O3S. The quantitative estimate of drug-likeness (QED) is 0.228. The van der Waals surface area contributed by atoms with Crippen LogP contribution in [0.5, 0.6) is 0 Å². The zero-order valence-electron chi connectivity index (χ0n) is 17.2. The van der Waals surface area contributed by atoms with E-state index in [4.69, 9.17) is 5.73 Å². The summed E-state index contributed by atoms with van der Waals surface area (Å²) in [5, 5.41) is 8.99. The van der Waals surface area contributed by atoms with Crippen LogP contribution < -0.4 is 5.73 Å². The monoisotopic (exact) mass is 450 g/mol. The molecule has 4 aromatic rings. The van der Waals surface area contributed by atoms with Crippen LogP contribution in [0.25, 0.3) is 22.0 Å². The average molecular weight is 450 g/mol. The van der Waals surface area contributed by atoms with E-state index in [9.17, 15) is 17.4 Å². The summed E-state index contributed by atoms with van der Waals surface area (Å²) in [6, 6.07) is 14.0. The normalized spacial score (nSPS) is 12.0. The first-order chi connectivity index (χ1) is 15.1. The number of nitrogen functional groups attached to an aromatic ring is 1. The highest BCUT2D eigenvalue weighted by molar-refractivity contribution is 7.86. The minimum absolute atomic E-state index is 0.104. The Hall–Kier alpha value is -3.69. The first-order valence-corrected chi connectivity index (χ1v) is 11.0. The van der Waals surface area contributed by atoms with Crippen LogP contribution in [0.15, 0.2) is 75.9 Å². The van der Waals surface area contributed by atoms with Crippen molar-refractivity contribution in [2.45, 2.75) is 18.7 Å². The molecule has 0 spiro atoms. The number of aromatic nitrogens is 1. The van der Waals surface area contributed by atoms with Gasteiger partial charge in [0.1, 0.15) is 22.1 Å². The number of fused-ring (bicyclic) bond motifs is 1. The van der Waals surface area contributed by atoms with Gasteiger partial charge in [-0.1, -0.05) is 24.3 Å². The molecule has 0 saturated carbocycles. The lowest BCUT2D eigenvalue weighted by Crippen LogP contribution is -2.01. The summed E-state index contributed by atoms with van der Waals surface area (Å²) < 4.78 is 46.8. The van der Waals surface area contributed by atoms with Crippen molar-refractivity contribution in [3.8, 4) is 11.3 Å². The topological polar surface area (TPSA) is 118 Å². The number of azo groups is 1. The maximum atomic E-state index is 13.4. The predicted molar refractivity (Wildman–Crippen MR) is 121 cm³/mol. The minimum atomic E-state index is -4.50. The number of nitrogens with zero attached hydrogens (tertiary/aromatic N) is 3. The lowest BCUT2D eigenvalue weighted by molar-refractivity contribution is 0.484. The van der Waals surface area contributed by atoms with Crippen molar-refractivity contribution >= 4 is 38.0 Å². The second kappa shape index (κ2) is 8.10. The number of hydrogen-bond donors (Lipinski definition) is 2. The summed E-state index contributed by atoms with van der Waals surface area (Å²) >= 11 is 0. The molecule has 1 heterocycles. The van der Waals surface area contributed by atoms with Crippen molar-refractivity contribution in [3.63, 3.8) is 0 Å². The van der Waals surface area contributed by atoms with Gasteiger partial charge in [-0.25, -0.2) is 4.39 Å². The Bertz CT molecular complexity index is 1500. The minimum Gasteiger partial charge on any atom is -0.396 e. The van der Waals surface area contributed by atoms with Gasteiger partial charge in [0.15, 0.2) is 0 Å². The molecule has 7 nitrogen and oxygen atoms in total. The molecule has 0 aliphatic heterocycles. The highest BCUT2D eigenvalue weighted by Gasteiger charge is 2.18. The molecule has 0 atom stereocenters. The standard InChI is InChI=1S/C23H19FN4O3S/c1-13-9-15(24)7-8-17(13)23-14(2)10-16(12-26-23)27-28-20-11-21(32(29,30)31)18-5-3-4-6-19(18)22(20)25/h3-12H,25H2,1-2H3,(H,29,30,31). The molecule has 4 rings (SSSR count). The number of rotatable bonds is 4. The smallest absolute Gasteiger partial charge is 0.295 e. The van der Waals surface area contributed by atoms with Gasteiger partial charge >= 0.3 is 0 Å². The number of aryl methyl sites for hydroxylation is 2. The van der Waals surface area contributed by atoms with Crippen molar-refractivity contribution in [1.29, 1.82) is 0 Å². The lowest BCUT2D eigenvalue weighted by Gasteiger charge is -2.10. The fourth-order valence-electron chi connectivity index (χ4n) is 3.55. The summed E-state index contributed by atoms with van der Waals surface area (Å²) in [5.41, 5.74) is 10.0. The van der Waals surface area contributed by atoms with Gasteiger partial charge in [-0.2, -0.15) is 8.42 Å². The third-order valence-electron chi connectivity index (χ3n) is 5.08. The lowest BCUT2D eigenvalue weighted by atomic mass is 10.0. The molecule has 0 radical (unpaired) electrons. The Morgan fingerprint density at radius 2 is 1.69 bits per heavy atom. The molecule has 162 valence electrons. The van der Waals surface area contributed by atoms with E-state index in [1.165, 1.54) is 24.4 Å². The zero-order valence-corrected chi connectivity index (χ0v) is 18.1. The highest BCUT2D eigenvalue weighted by Crippen LogP contribution is 2.37. The van der Waals surface area contributed by atoms with Crippen LogP contribution in [0.3, 0.4) is 0 Å². The summed E-state index contributed by atoms with van der Waals surface area (Å²) in [5.74, 6) is -0.313. The van der Waals surface area contributed by atoms with Crippen molar-refractivity contribution in [1.82, 2.24) is 4.98 Å².